The molecule has 6 nitrogen and oxygen atoms in total. The minimum Gasteiger partial charge on any atom is -1.00 e. The standard InChI is InChI=1S/C16H36N.5CO.HI.Mo/c1-5-9-13-17(14-10-6-2,15-11-7-3)16-12-8-4;5*1-2;;/h5-16H2,1-4H3;;;;;;1H;/q+1;;;;;;;/p-1. The van der Waals surface area contributed by atoms with Gasteiger partial charge in [0.05, 0.1) is 26.2 Å². The van der Waals surface area contributed by atoms with Crippen LogP contribution in [0.25, 0.3) is 0 Å². The van der Waals surface area contributed by atoms with Crippen molar-refractivity contribution in [2.24, 2.45) is 0 Å². The average molecular weight is 605 g/mol. The number of hydrogen-bond donors (Lipinski definition) is 0. The summed E-state index contributed by atoms with van der Waals surface area (Å²) < 4.78 is 38.9. The fourth-order valence-corrected chi connectivity index (χ4v) is 2.64. The minimum atomic E-state index is 0. The summed E-state index contributed by atoms with van der Waals surface area (Å²) in [6.07, 6.45) is 11.1. The summed E-state index contributed by atoms with van der Waals surface area (Å²) in [6.45, 7) is 37.5. The van der Waals surface area contributed by atoms with Gasteiger partial charge in [-0.25, -0.2) is 0 Å². The van der Waals surface area contributed by atoms with Crippen LogP contribution in [0.2, 0.25) is 0 Å². The topological polar surface area (TPSA) is 99.5 Å². The van der Waals surface area contributed by atoms with E-state index in [0.29, 0.717) is 0 Å². The Hall–Kier alpha value is 0.0783. The number of hydrogen-bond acceptors (Lipinski definition) is 0. The second kappa shape index (κ2) is 63.0. The molecule has 0 amide bonds. The maximum atomic E-state index is 7.50. The molecule has 29 heavy (non-hydrogen) atoms. The molecule has 0 aliphatic rings. The van der Waals surface area contributed by atoms with Crippen molar-refractivity contribution in [3.8, 4) is 0 Å². The van der Waals surface area contributed by atoms with Gasteiger partial charge in [0, 0.05) is 21.1 Å². The van der Waals surface area contributed by atoms with E-state index in [9.17, 15) is 0 Å². The van der Waals surface area contributed by atoms with Crippen molar-refractivity contribution >= 4 is 0 Å². The van der Waals surface area contributed by atoms with Crippen molar-refractivity contribution in [1.29, 1.82) is 0 Å². The first-order valence-electron chi connectivity index (χ1n) is 9.11. The predicted molar refractivity (Wildman–Crippen MR) is 99.0 cm³/mol. The Labute approximate surface area is 210 Å². The molecule has 0 spiro atoms. The van der Waals surface area contributed by atoms with Crippen LogP contribution >= 0.6 is 0 Å². The van der Waals surface area contributed by atoms with Crippen LogP contribution in [0.3, 0.4) is 0 Å². The third kappa shape index (κ3) is 47.4. The number of halogens is 1. The van der Waals surface area contributed by atoms with Gasteiger partial charge in [-0.2, -0.15) is 0 Å². The van der Waals surface area contributed by atoms with E-state index in [4.69, 9.17) is 23.3 Å². The van der Waals surface area contributed by atoms with Gasteiger partial charge in [-0.1, -0.05) is 53.4 Å². The van der Waals surface area contributed by atoms with Crippen LogP contribution in [-0.4, -0.2) is 30.7 Å². The molecule has 0 N–H and O–H groups in total. The zero-order valence-electron chi connectivity index (χ0n) is 18.3. The molecule has 0 aromatic rings. The summed E-state index contributed by atoms with van der Waals surface area (Å²) in [5.74, 6) is 0. The summed E-state index contributed by atoms with van der Waals surface area (Å²) in [4.78, 5) is 0. The van der Waals surface area contributed by atoms with Gasteiger partial charge in [-0.3, -0.25) is 0 Å². The van der Waals surface area contributed by atoms with E-state index in [1.54, 1.807) is 0 Å². The number of quaternary nitrogens is 1. The molecule has 168 valence electrons. The molecule has 0 aliphatic carbocycles. The van der Waals surface area contributed by atoms with Gasteiger partial charge in [0.2, 0.25) is 0 Å². The van der Waals surface area contributed by atoms with Crippen molar-refractivity contribution < 1.29 is 72.8 Å². The third-order valence-electron chi connectivity index (χ3n) is 3.94. The maximum Gasteiger partial charge on any atom is 0 e. The maximum absolute atomic E-state index is 7.50. The molecule has 0 rings (SSSR count). The molecule has 0 saturated heterocycles. The molecule has 0 fully saturated rings. The molecule has 0 aromatic heterocycles. The molecule has 0 unspecified atom stereocenters. The molecule has 0 atom stereocenters. The Kier molecular flexibility index (Phi) is 112. The zero-order valence-corrected chi connectivity index (χ0v) is 22.4. The van der Waals surface area contributed by atoms with E-state index in [1.807, 2.05) is 0 Å². The molecule has 0 saturated carbocycles. The van der Waals surface area contributed by atoms with Crippen LogP contribution in [0.5, 0.6) is 0 Å². The third-order valence-corrected chi connectivity index (χ3v) is 3.94. The molecular weight excluding hydrogens is 569 g/mol. The first-order chi connectivity index (χ1) is 13.2. The predicted octanol–water partition coefficient (Wildman–Crippen LogP) is 1.82. The second-order valence-electron chi connectivity index (χ2n) is 5.65. The number of rotatable bonds is 12. The Morgan fingerprint density at radius 2 is 0.586 bits per heavy atom. The van der Waals surface area contributed by atoms with Crippen LogP contribution < -0.4 is 24.0 Å². The van der Waals surface area contributed by atoms with Crippen LogP contribution in [0.1, 0.15) is 79.1 Å². The van der Waals surface area contributed by atoms with E-state index in [2.05, 4.69) is 60.9 Å². The summed E-state index contributed by atoms with van der Waals surface area (Å²) in [7, 11) is 0. The minimum absolute atomic E-state index is 0. The quantitative estimate of drug-likeness (QED) is 0.107. The molecule has 0 aromatic carbocycles. The van der Waals surface area contributed by atoms with Crippen molar-refractivity contribution in [2.75, 3.05) is 26.2 Å². The van der Waals surface area contributed by atoms with Crippen LogP contribution in [0.15, 0.2) is 0 Å². The molecule has 0 bridgehead atoms. The van der Waals surface area contributed by atoms with E-state index in [0.717, 1.165) is 0 Å². The Bertz CT molecular complexity index is 272. The van der Waals surface area contributed by atoms with Crippen molar-refractivity contribution in [3.05, 3.63) is 33.3 Å². The van der Waals surface area contributed by atoms with Gasteiger partial charge in [0.25, 0.3) is 0 Å². The zero-order chi connectivity index (χ0) is 23.0. The first-order valence-corrected chi connectivity index (χ1v) is 9.11. The van der Waals surface area contributed by atoms with Gasteiger partial charge in [-0.05, 0) is 25.7 Å². The van der Waals surface area contributed by atoms with Gasteiger partial charge in [-0.15, -0.1) is 0 Å². The fraction of sp³-hybridized carbons (Fsp3) is 0.762. The second-order valence-corrected chi connectivity index (χ2v) is 5.65. The van der Waals surface area contributed by atoms with Crippen LogP contribution in [0, 0.1) is 33.3 Å². The molecule has 0 heterocycles. The summed E-state index contributed by atoms with van der Waals surface area (Å²) in [5, 5.41) is 0. The van der Waals surface area contributed by atoms with Crippen LogP contribution in [-0.2, 0) is 44.3 Å². The largest absolute Gasteiger partial charge is 1.00 e. The summed E-state index contributed by atoms with van der Waals surface area (Å²) in [6, 6.07) is 0. The molecule has 0 aliphatic heterocycles. The normalized spacial score (nSPS) is 7.38. The van der Waals surface area contributed by atoms with Crippen molar-refractivity contribution in [3.63, 3.8) is 0 Å². The van der Waals surface area contributed by atoms with Crippen LogP contribution in [0.4, 0.5) is 0 Å². The Balaban J connectivity index is -0.0000000531. The van der Waals surface area contributed by atoms with Crippen molar-refractivity contribution in [1.82, 2.24) is 0 Å². The molecule has 8 heteroatoms. The van der Waals surface area contributed by atoms with Gasteiger partial charge >= 0.3 is 56.5 Å². The Morgan fingerprint density at radius 1 is 0.448 bits per heavy atom. The number of unbranched alkanes of at least 4 members (excludes halogenated alkanes) is 4. The SMILES string of the molecule is CCCC[N+](CCCC)(CCCC)CCCC.[C-]#[O+].[C-]#[O+].[C-]#[O+].[C-]#[O+].[C-]#[O+].[I-].[Mo]. The van der Waals surface area contributed by atoms with E-state index in [1.165, 1.54) is 82.0 Å². The smallest absolute Gasteiger partial charge is 0 e. The summed E-state index contributed by atoms with van der Waals surface area (Å²) in [5.41, 5.74) is 0. The fourth-order valence-electron chi connectivity index (χ4n) is 2.64. The van der Waals surface area contributed by atoms with E-state index >= 15 is 0 Å². The first kappa shape index (κ1) is 51.6. The average Bonchev–Trinajstić information content (AvgIpc) is 2.79. The molecular formula is C21H36IMoNO5. The number of nitrogens with zero attached hydrogens (tertiary/aromatic N) is 1. The Morgan fingerprint density at radius 3 is 0.690 bits per heavy atom. The van der Waals surface area contributed by atoms with Crippen molar-refractivity contribution in [2.45, 2.75) is 79.1 Å². The van der Waals surface area contributed by atoms with Gasteiger partial charge in [0.15, 0.2) is 0 Å². The monoisotopic (exact) mass is 607 g/mol. The van der Waals surface area contributed by atoms with E-state index in [-0.39, 0.29) is 45.0 Å². The summed E-state index contributed by atoms with van der Waals surface area (Å²) >= 11 is 0. The van der Waals surface area contributed by atoms with Gasteiger partial charge in [0.1, 0.15) is 0 Å². The molecule has 0 radical (unpaired) electrons. The van der Waals surface area contributed by atoms with Gasteiger partial charge < -0.3 is 28.5 Å². The van der Waals surface area contributed by atoms with E-state index < -0.39 is 0 Å².